The van der Waals surface area contributed by atoms with Gasteiger partial charge >= 0.3 is 12.1 Å². The smallest absolute Gasteiger partial charge is 0.415 e. The number of benzene rings is 2. The van der Waals surface area contributed by atoms with Gasteiger partial charge in [0.05, 0.1) is 29.8 Å². The predicted molar refractivity (Wildman–Crippen MR) is 134 cm³/mol. The van der Waals surface area contributed by atoms with Crippen molar-refractivity contribution in [3.8, 4) is 5.75 Å². The SMILES string of the molecule is CCCN(CCC(=O)OCC)C(=O)Oc1ccc2sc(CNc3ccc(C(=N)N)cc3)nc2c1. The number of fused-ring (bicyclic) bond motifs is 1. The highest BCUT2D eigenvalue weighted by atomic mass is 32.1. The van der Waals surface area contributed by atoms with Crippen molar-refractivity contribution in [1.82, 2.24) is 9.88 Å². The van der Waals surface area contributed by atoms with E-state index in [0.29, 0.717) is 31.0 Å². The molecule has 0 atom stereocenters. The van der Waals surface area contributed by atoms with Crippen LogP contribution in [0.4, 0.5) is 10.5 Å². The third kappa shape index (κ3) is 6.92. The van der Waals surface area contributed by atoms with E-state index in [1.54, 1.807) is 42.5 Å². The van der Waals surface area contributed by atoms with Gasteiger partial charge in [0.2, 0.25) is 0 Å². The number of nitrogens with zero attached hydrogens (tertiary/aromatic N) is 2. The first kappa shape index (κ1) is 25.0. The van der Waals surface area contributed by atoms with Crippen LogP contribution in [0.15, 0.2) is 42.5 Å². The molecule has 0 aliphatic carbocycles. The lowest BCUT2D eigenvalue weighted by Gasteiger charge is -2.20. The number of hydrogen-bond donors (Lipinski definition) is 3. The molecule has 180 valence electrons. The van der Waals surface area contributed by atoms with E-state index in [1.165, 1.54) is 4.90 Å². The van der Waals surface area contributed by atoms with Crippen LogP contribution in [0.2, 0.25) is 0 Å². The number of ether oxygens (including phenoxy) is 2. The summed E-state index contributed by atoms with van der Waals surface area (Å²) in [5.74, 6) is 0.0987. The molecule has 0 bridgehead atoms. The number of amidine groups is 1. The van der Waals surface area contributed by atoms with E-state index in [2.05, 4.69) is 10.3 Å². The van der Waals surface area contributed by atoms with Crippen molar-refractivity contribution in [3.63, 3.8) is 0 Å². The molecule has 3 rings (SSSR count). The van der Waals surface area contributed by atoms with Crippen LogP contribution >= 0.6 is 11.3 Å². The fourth-order valence-corrected chi connectivity index (χ4v) is 4.12. The van der Waals surface area contributed by atoms with Gasteiger partial charge < -0.3 is 25.4 Å². The lowest BCUT2D eigenvalue weighted by atomic mass is 10.2. The number of esters is 1. The summed E-state index contributed by atoms with van der Waals surface area (Å²) in [5.41, 5.74) is 7.80. The summed E-state index contributed by atoms with van der Waals surface area (Å²) in [6.07, 6.45) is 0.371. The maximum atomic E-state index is 12.6. The minimum atomic E-state index is -0.503. The van der Waals surface area contributed by atoms with E-state index < -0.39 is 6.09 Å². The Labute approximate surface area is 202 Å². The molecular weight excluding hydrogens is 454 g/mol. The average Bonchev–Trinajstić information content (AvgIpc) is 3.23. The molecule has 0 unspecified atom stereocenters. The molecule has 0 radical (unpaired) electrons. The third-order valence-electron chi connectivity index (χ3n) is 4.89. The molecule has 0 spiro atoms. The van der Waals surface area contributed by atoms with Crippen molar-refractivity contribution in [3.05, 3.63) is 53.0 Å². The molecule has 34 heavy (non-hydrogen) atoms. The quantitative estimate of drug-likeness (QED) is 0.210. The van der Waals surface area contributed by atoms with Gasteiger partial charge in [-0.1, -0.05) is 6.92 Å². The van der Waals surface area contributed by atoms with Crippen molar-refractivity contribution < 1.29 is 19.1 Å². The molecule has 9 nitrogen and oxygen atoms in total. The molecule has 0 aliphatic heterocycles. The minimum absolute atomic E-state index is 0.0334. The van der Waals surface area contributed by atoms with E-state index in [1.807, 2.05) is 25.1 Å². The number of nitrogen functional groups attached to an aromatic ring is 1. The highest BCUT2D eigenvalue weighted by Gasteiger charge is 2.17. The Hall–Kier alpha value is -3.66. The van der Waals surface area contributed by atoms with Crippen molar-refractivity contribution in [2.45, 2.75) is 33.2 Å². The van der Waals surface area contributed by atoms with Gasteiger partial charge in [0, 0.05) is 30.4 Å². The van der Waals surface area contributed by atoms with Gasteiger partial charge in [-0.3, -0.25) is 10.2 Å². The Bertz CT molecular complexity index is 1150. The molecule has 4 N–H and O–H groups in total. The number of carbonyl (C=O) groups excluding carboxylic acids is 2. The maximum Gasteiger partial charge on any atom is 0.415 e. The normalized spacial score (nSPS) is 10.6. The lowest BCUT2D eigenvalue weighted by molar-refractivity contribution is -0.143. The molecule has 0 aliphatic rings. The number of carbonyl (C=O) groups is 2. The standard InChI is InChI=1S/C24H29N5O4S/c1-3-12-29(13-11-22(30)32-4-2)24(31)33-18-9-10-20-19(14-18)28-21(34-20)15-27-17-7-5-16(6-8-17)23(25)26/h5-10,14,27H,3-4,11-13,15H2,1-2H3,(H3,25,26). The predicted octanol–water partition coefficient (Wildman–Crippen LogP) is 4.36. The van der Waals surface area contributed by atoms with Crippen LogP contribution in [-0.4, -0.2) is 47.5 Å². The summed E-state index contributed by atoms with van der Waals surface area (Å²) in [6, 6.07) is 12.7. The highest BCUT2D eigenvalue weighted by molar-refractivity contribution is 7.18. The zero-order chi connectivity index (χ0) is 24.5. The number of nitrogens with two attached hydrogens (primary N) is 1. The Balaban J connectivity index is 1.61. The fraction of sp³-hybridized carbons (Fsp3) is 0.333. The molecule has 1 heterocycles. The number of thiazole rings is 1. The van der Waals surface area contributed by atoms with Gasteiger partial charge in [0.15, 0.2) is 0 Å². The van der Waals surface area contributed by atoms with Crippen LogP contribution in [0.1, 0.15) is 37.3 Å². The van der Waals surface area contributed by atoms with Gasteiger partial charge in [-0.25, -0.2) is 9.78 Å². The van der Waals surface area contributed by atoms with E-state index in [-0.39, 0.29) is 24.8 Å². The van der Waals surface area contributed by atoms with Gasteiger partial charge in [-0.2, -0.15) is 0 Å². The van der Waals surface area contributed by atoms with Gasteiger partial charge in [-0.05, 0) is 49.7 Å². The van der Waals surface area contributed by atoms with Gasteiger partial charge in [-0.15, -0.1) is 11.3 Å². The number of anilines is 1. The van der Waals surface area contributed by atoms with Crippen molar-refractivity contribution in [1.29, 1.82) is 5.41 Å². The fourth-order valence-electron chi connectivity index (χ4n) is 3.23. The van der Waals surface area contributed by atoms with Crippen LogP contribution in [-0.2, 0) is 16.1 Å². The number of rotatable bonds is 11. The average molecular weight is 484 g/mol. The molecule has 1 amide bonds. The number of aromatic nitrogens is 1. The minimum Gasteiger partial charge on any atom is -0.466 e. The zero-order valence-electron chi connectivity index (χ0n) is 19.3. The third-order valence-corrected chi connectivity index (χ3v) is 5.93. The molecule has 0 saturated carbocycles. The molecule has 0 saturated heterocycles. The first-order chi connectivity index (χ1) is 16.4. The summed E-state index contributed by atoms with van der Waals surface area (Å²) in [6.45, 7) is 5.28. The summed E-state index contributed by atoms with van der Waals surface area (Å²) in [7, 11) is 0. The van der Waals surface area contributed by atoms with E-state index in [9.17, 15) is 9.59 Å². The van der Waals surface area contributed by atoms with E-state index >= 15 is 0 Å². The van der Waals surface area contributed by atoms with Crippen molar-refractivity contribution >= 4 is 45.1 Å². The summed E-state index contributed by atoms with van der Waals surface area (Å²) < 4.78 is 11.5. The first-order valence-corrected chi connectivity index (χ1v) is 11.9. The Morgan fingerprint density at radius 2 is 1.91 bits per heavy atom. The molecular formula is C24H29N5O4S. The number of nitrogens with one attached hydrogen (secondary N) is 2. The second-order valence-corrected chi connectivity index (χ2v) is 8.61. The maximum absolute atomic E-state index is 12.6. The van der Waals surface area contributed by atoms with Crippen molar-refractivity contribution in [2.24, 2.45) is 5.73 Å². The van der Waals surface area contributed by atoms with Gasteiger partial charge in [0.1, 0.15) is 16.6 Å². The van der Waals surface area contributed by atoms with E-state index in [0.717, 1.165) is 27.3 Å². The largest absolute Gasteiger partial charge is 0.466 e. The van der Waals surface area contributed by atoms with Crippen LogP contribution in [0.25, 0.3) is 10.2 Å². The highest BCUT2D eigenvalue weighted by Crippen LogP contribution is 2.27. The van der Waals surface area contributed by atoms with Crippen molar-refractivity contribution in [2.75, 3.05) is 25.0 Å². The molecule has 1 aromatic heterocycles. The second kappa shape index (κ2) is 12.0. The lowest BCUT2D eigenvalue weighted by Crippen LogP contribution is -2.36. The monoisotopic (exact) mass is 483 g/mol. The van der Waals surface area contributed by atoms with Crippen LogP contribution in [0, 0.1) is 5.41 Å². The summed E-state index contributed by atoms with van der Waals surface area (Å²) in [5, 5.41) is 11.6. The first-order valence-electron chi connectivity index (χ1n) is 11.1. The van der Waals surface area contributed by atoms with Crippen LogP contribution in [0.3, 0.4) is 0 Å². The van der Waals surface area contributed by atoms with Gasteiger partial charge in [0.25, 0.3) is 0 Å². The molecule has 3 aromatic rings. The Morgan fingerprint density at radius 1 is 1.15 bits per heavy atom. The summed E-state index contributed by atoms with van der Waals surface area (Å²) >= 11 is 1.55. The number of amides is 1. The molecule has 2 aromatic carbocycles. The zero-order valence-corrected chi connectivity index (χ0v) is 20.1. The van der Waals surface area contributed by atoms with Crippen LogP contribution < -0.4 is 15.8 Å². The Morgan fingerprint density at radius 3 is 2.59 bits per heavy atom. The summed E-state index contributed by atoms with van der Waals surface area (Å²) in [4.78, 5) is 30.4. The van der Waals surface area contributed by atoms with Crippen LogP contribution in [0.5, 0.6) is 5.75 Å². The number of hydrogen-bond acceptors (Lipinski definition) is 8. The topological polar surface area (TPSA) is 131 Å². The molecule has 10 heteroatoms. The second-order valence-electron chi connectivity index (χ2n) is 7.49. The van der Waals surface area contributed by atoms with E-state index in [4.69, 9.17) is 20.6 Å². The Kier molecular flexibility index (Phi) is 8.80. The molecule has 0 fully saturated rings.